The number of fused-ring (bicyclic) bond motifs is 11. The first-order valence-corrected chi connectivity index (χ1v) is 20.7. The molecule has 60 heavy (non-hydrogen) atoms. The fourth-order valence-corrected chi connectivity index (χ4v) is 10.4. The normalized spacial score (nSPS) is 12.4. The first-order chi connectivity index (χ1) is 29.7. The third-order valence-electron chi connectivity index (χ3n) is 13.0. The van der Waals surface area contributed by atoms with Gasteiger partial charge in [0.05, 0.1) is 22.1 Å². The number of hydrogen-bond acceptors (Lipinski definition) is 0. The lowest BCUT2D eigenvalue weighted by molar-refractivity contribution is 1.18. The quantitative estimate of drug-likeness (QED) is 0.158. The van der Waals surface area contributed by atoms with Gasteiger partial charge in [-0.1, -0.05) is 158 Å². The highest BCUT2D eigenvalue weighted by molar-refractivity contribution is 6.23. The fraction of sp³-hybridized carbons (Fsp3) is 0. The van der Waals surface area contributed by atoms with Crippen LogP contribution in [0.25, 0.3) is 115 Å². The Balaban J connectivity index is 1.17. The maximum absolute atomic E-state index is 4.62. The Kier molecular flexibility index (Phi) is 6.91. The minimum absolute atomic E-state index is 1.08. The van der Waals surface area contributed by atoms with Crippen molar-refractivity contribution in [2.75, 3.05) is 0 Å². The molecule has 2 aromatic heterocycles. The molecule has 0 amide bonds. The van der Waals surface area contributed by atoms with Crippen molar-refractivity contribution in [1.29, 1.82) is 0 Å². The van der Waals surface area contributed by atoms with Gasteiger partial charge in [0.15, 0.2) is 0 Å². The van der Waals surface area contributed by atoms with E-state index in [1.165, 1.54) is 110 Å². The van der Waals surface area contributed by atoms with Gasteiger partial charge in [0.25, 0.3) is 0 Å². The second kappa shape index (κ2) is 12.5. The number of benzene rings is 10. The standard InChI is InChI=1S/C58H36N2/c1-36-41-17-5-6-18-42(41)43-30-27-38(33-50(36)43)58-48-31-28-39(59-53-23-11-7-19-44(53)45-20-8-12-24-54(45)59)34-51(48)57(37-15-3-2-4-16-37)52-35-40(29-32-49(52)58)60-55-25-13-9-21-46(55)47-22-10-14-26-56(47)60/h2-35H,1H2. The van der Waals surface area contributed by atoms with E-state index < -0.39 is 0 Å². The van der Waals surface area contributed by atoms with E-state index in [9.17, 15) is 0 Å². The van der Waals surface area contributed by atoms with Crippen LogP contribution in [0.5, 0.6) is 0 Å². The van der Waals surface area contributed by atoms with Crippen molar-refractivity contribution in [2.45, 2.75) is 0 Å². The fourth-order valence-electron chi connectivity index (χ4n) is 10.4. The highest BCUT2D eigenvalue weighted by Crippen LogP contribution is 2.49. The van der Waals surface area contributed by atoms with Gasteiger partial charge in [0.2, 0.25) is 0 Å². The summed E-state index contributed by atoms with van der Waals surface area (Å²) < 4.78 is 4.88. The van der Waals surface area contributed by atoms with Crippen LogP contribution in [0.3, 0.4) is 0 Å². The molecule has 0 aliphatic heterocycles. The largest absolute Gasteiger partial charge is 0.309 e. The number of rotatable bonds is 4. The van der Waals surface area contributed by atoms with E-state index in [1.807, 2.05) is 0 Å². The molecule has 0 N–H and O–H groups in total. The van der Waals surface area contributed by atoms with E-state index in [-0.39, 0.29) is 0 Å². The molecule has 0 bridgehead atoms. The summed E-state index contributed by atoms with van der Waals surface area (Å²) in [6.07, 6.45) is 0. The zero-order valence-electron chi connectivity index (χ0n) is 32.7. The van der Waals surface area contributed by atoms with Crippen molar-refractivity contribution >= 4 is 70.7 Å². The highest BCUT2D eigenvalue weighted by atomic mass is 15.0. The van der Waals surface area contributed by atoms with Gasteiger partial charge in [0.1, 0.15) is 0 Å². The highest BCUT2D eigenvalue weighted by Gasteiger charge is 2.25. The molecule has 2 heteroatoms. The van der Waals surface area contributed by atoms with Crippen LogP contribution < -0.4 is 0 Å². The number of aromatic nitrogens is 2. The lowest BCUT2D eigenvalue weighted by atomic mass is 9.84. The van der Waals surface area contributed by atoms with Crippen molar-refractivity contribution in [3.8, 4) is 44.8 Å². The van der Waals surface area contributed by atoms with Crippen LogP contribution >= 0.6 is 0 Å². The Morgan fingerprint density at radius 3 is 1.20 bits per heavy atom. The Morgan fingerprint density at radius 1 is 0.267 bits per heavy atom. The predicted molar refractivity (Wildman–Crippen MR) is 255 cm³/mol. The molecule has 278 valence electrons. The maximum Gasteiger partial charge on any atom is 0.0541 e. The molecular weight excluding hydrogens is 725 g/mol. The van der Waals surface area contributed by atoms with Crippen LogP contribution in [0.2, 0.25) is 0 Å². The van der Waals surface area contributed by atoms with Crippen LogP contribution in [-0.2, 0) is 0 Å². The molecule has 0 saturated heterocycles. The van der Waals surface area contributed by atoms with E-state index in [0.29, 0.717) is 0 Å². The molecule has 0 unspecified atom stereocenters. The molecule has 10 aromatic carbocycles. The topological polar surface area (TPSA) is 9.86 Å². The minimum atomic E-state index is 1.08. The van der Waals surface area contributed by atoms with Crippen LogP contribution in [0, 0.1) is 0 Å². The molecule has 0 atom stereocenters. The molecule has 12 aromatic rings. The SMILES string of the molecule is C=C1c2ccccc2-c2ccc(-c3c4ccc(-n5c6ccccc6c6ccccc65)cc4c(-c4ccccc4)c4cc(-n5c6ccccc6c6ccccc65)ccc34)cc21. The lowest BCUT2D eigenvalue weighted by Gasteiger charge is -2.21. The van der Waals surface area contributed by atoms with Crippen molar-refractivity contribution in [3.63, 3.8) is 0 Å². The second-order valence-corrected chi connectivity index (χ2v) is 16.1. The first kappa shape index (κ1) is 33.1. The maximum atomic E-state index is 4.62. The zero-order valence-corrected chi connectivity index (χ0v) is 32.7. The summed E-state index contributed by atoms with van der Waals surface area (Å²) in [5.74, 6) is 0. The van der Waals surface area contributed by atoms with Gasteiger partial charge in [0, 0.05) is 32.9 Å². The van der Waals surface area contributed by atoms with E-state index in [0.717, 1.165) is 16.9 Å². The van der Waals surface area contributed by atoms with E-state index in [4.69, 9.17) is 0 Å². The van der Waals surface area contributed by atoms with Gasteiger partial charge in [-0.05, 0) is 126 Å². The Bertz CT molecular complexity index is 3500. The van der Waals surface area contributed by atoms with Crippen molar-refractivity contribution in [3.05, 3.63) is 224 Å². The lowest BCUT2D eigenvalue weighted by Crippen LogP contribution is -1.98. The smallest absolute Gasteiger partial charge is 0.0541 e. The van der Waals surface area contributed by atoms with E-state index in [1.54, 1.807) is 0 Å². The molecule has 0 radical (unpaired) electrons. The number of nitrogens with zero attached hydrogens (tertiary/aromatic N) is 2. The van der Waals surface area contributed by atoms with Gasteiger partial charge >= 0.3 is 0 Å². The molecule has 0 spiro atoms. The monoisotopic (exact) mass is 760 g/mol. The van der Waals surface area contributed by atoms with Gasteiger partial charge in [-0.25, -0.2) is 0 Å². The molecule has 1 aliphatic rings. The van der Waals surface area contributed by atoms with Gasteiger partial charge in [-0.2, -0.15) is 0 Å². The van der Waals surface area contributed by atoms with Gasteiger partial charge in [-0.3, -0.25) is 0 Å². The third-order valence-corrected chi connectivity index (χ3v) is 13.0. The summed E-state index contributed by atoms with van der Waals surface area (Å²) >= 11 is 0. The first-order valence-electron chi connectivity index (χ1n) is 20.7. The van der Waals surface area contributed by atoms with Crippen LogP contribution in [-0.4, -0.2) is 9.13 Å². The van der Waals surface area contributed by atoms with Crippen LogP contribution in [0.1, 0.15) is 11.1 Å². The average molecular weight is 761 g/mol. The zero-order chi connectivity index (χ0) is 39.5. The molecule has 1 aliphatic carbocycles. The number of para-hydroxylation sites is 4. The molecular formula is C58H36N2. The average Bonchev–Trinajstić information content (AvgIpc) is 3.93. The second-order valence-electron chi connectivity index (χ2n) is 16.1. The minimum Gasteiger partial charge on any atom is -0.309 e. The van der Waals surface area contributed by atoms with Crippen molar-refractivity contribution < 1.29 is 0 Å². The molecule has 0 saturated carbocycles. The number of hydrogen-bond donors (Lipinski definition) is 0. The van der Waals surface area contributed by atoms with Crippen LogP contribution in [0.4, 0.5) is 0 Å². The van der Waals surface area contributed by atoms with Crippen molar-refractivity contribution in [1.82, 2.24) is 9.13 Å². The Morgan fingerprint density at radius 2 is 0.683 bits per heavy atom. The summed E-state index contributed by atoms with van der Waals surface area (Å²) in [4.78, 5) is 0. The third kappa shape index (κ3) is 4.59. The van der Waals surface area contributed by atoms with E-state index >= 15 is 0 Å². The molecule has 2 heterocycles. The summed E-state index contributed by atoms with van der Waals surface area (Å²) in [5.41, 5.74) is 17.9. The summed E-state index contributed by atoms with van der Waals surface area (Å²) in [6, 6.07) is 76.0. The Labute approximate surface area is 347 Å². The predicted octanol–water partition coefficient (Wildman–Crippen LogP) is 15.6. The molecule has 0 fully saturated rings. The van der Waals surface area contributed by atoms with Gasteiger partial charge in [-0.15, -0.1) is 0 Å². The van der Waals surface area contributed by atoms with Gasteiger partial charge < -0.3 is 9.13 Å². The summed E-state index contributed by atoms with van der Waals surface area (Å²) in [7, 11) is 0. The molecule has 2 nitrogen and oxygen atoms in total. The van der Waals surface area contributed by atoms with Crippen LogP contribution in [0.15, 0.2) is 213 Å². The Hall–Kier alpha value is -7.94. The molecule has 13 rings (SSSR count). The summed E-state index contributed by atoms with van der Waals surface area (Å²) in [5, 5.41) is 9.89. The van der Waals surface area contributed by atoms with E-state index in [2.05, 4.69) is 222 Å². The summed E-state index contributed by atoms with van der Waals surface area (Å²) in [6.45, 7) is 4.62. The van der Waals surface area contributed by atoms with Crippen molar-refractivity contribution in [2.24, 2.45) is 0 Å².